The Bertz CT molecular complexity index is 1970. The van der Waals surface area contributed by atoms with Crippen molar-refractivity contribution >= 4 is 27.0 Å². The van der Waals surface area contributed by atoms with Crippen molar-refractivity contribution in [2.45, 2.75) is 50.2 Å². The molecule has 3 saturated heterocycles. The predicted molar refractivity (Wildman–Crippen MR) is 161 cm³/mol. The first-order chi connectivity index (χ1) is 21.5. The van der Waals surface area contributed by atoms with Crippen LogP contribution in [0.15, 0.2) is 64.3 Å². The van der Waals surface area contributed by atoms with Crippen LogP contribution in [0.25, 0.3) is 33.5 Å². The second kappa shape index (κ2) is 10.9. The SMILES string of the molecule is Cc1noc(C)c1-c1ccc2c(-c3nc(N[C@H]4CC5CCN(CC5)C4)ncc3C(F)(F)F)cn(S(=O)(=O)c3ccccc3)c2n1. The molecule has 14 heteroatoms. The van der Waals surface area contributed by atoms with Gasteiger partial charge in [0.25, 0.3) is 10.0 Å². The molecule has 5 aromatic rings. The maximum absolute atomic E-state index is 14.5. The molecule has 2 bridgehead atoms. The first-order valence-corrected chi connectivity index (χ1v) is 16.1. The van der Waals surface area contributed by atoms with Gasteiger partial charge in [-0.15, -0.1) is 0 Å². The number of piperidine rings is 1. The highest BCUT2D eigenvalue weighted by molar-refractivity contribution is 7.90. The lowest BCUT2D eigenvalue weighted by Gasteiger charge is -2.26. The van der Waals surface area contributed by atoms with E-state index >= 15 is 0 Å². The summed E-state index contributed by atoms with van der Waals surface area (Å²) in [6, 6.07) is 10.8. The van der Waals surface area contributed by atoms with E-state index in [4.69, 9.17) is 4.52 Å². The summed E-state index contributed by atoms with van der Waals surface area (Å²) in [5.74, 6) is 1.06. The number of hydrogen-bond donors (Lipinski definition) is 1. The number of nitrogens with one attached hydrogen (secondary N) is 1. The third-order valence-corrected chi connectivity index (χ3v) is 10.4. The number of alkyl halides is 3. The molecular weight excluding hydrogens is 607 g/mol. The van der Waals surface area contributed by atoms with Crippen LogP contribution in [0.4, 0.5) is 19.1 Å². The van der Waals surface area contributed by atoms with Gasteiger partial charge in [-0.2, -0.15) is 13.2 Å². The van der Waals surface area contributed by atoms with Crippen LogP contribution in [-0.4, -0.2) is 63.1 Å². The highest BCUT2D eigenvalue weighted by Crippen LogP contribution is 2.41. The molecule has 1 N–H and O–H groups in total. The number of rotatable bonds is 6. The van der Waals surface area contributed by atoms with Gasteiger partial charge in [-0.05, 0) is 76.4 Å². The van der Waals surface area contributed by atoms with Crippen LogP contribution in [0.1, 0.15) is 36.3 Å². The van der Waals surface area contributed by atoms with Crippen molar-refractivity contribution < 1.29 is 26.1 Å². The third kappa shape index (κ3) is 5.35. The third-order valence-electron chi connectivity index (χ3n) is 8.70. The predicted octanol–water partition coefficient (Wildman–Crippen LogP) is 5.92. The number of hydrogen-bond acceptors (Lipinski definition) is 9. The summed E-state index contributed by atoms with van der Waals surface area (Å²) in [6.07, 6.45) is 0.176. The zero-order valence-corrected chi connectivity index (χ0v) is 25.4. The van der Waals surface area contributed by atoms with Gasteiger partial charge < -0.3 is 14.7 Å². The van der Waals surface area contributed by atoms with E-state index < -0.39 is 27.5 Å². The molecule has 45 heavy (non-hydrogen) atoms. The molecule has 0 unspecified atom stereocenters. The summed E-state index contributed by atoms with van der Waals surface area (Å²) in [6.45, 7) is 6.18. The zero-order valence-electron chi connectivity index (χ0n) is 24.5. The second-order valence-corrected chi connectivity index (χ2v) is 13.5. The Morgan fingerprint density at radius 1 is 1.02 bits per heavy atom. The van der Waals surface area contributed by atoms with Crippen LogP contribution in [-0.2, 0) is 16.2 Å². The Morgan fingerprint density at radius 3 is 2.47 bits per heavy atom. The van der Waals surface area contributed by atoms with Gasteiger partial charge in [-0.3, -0.25) is 0 Å². The van der Waals surface area contributed by atoms with Gasteiger partial charge in [-0.1, -0.05) is 23.4 Å². The molecule has 4 aromatic heterocycles. The number of pyridine rings is 1. The molecule has 0 radical (unpaired) electrons. The van der Waals surface area contributed by atoms with Crippen molar-refractivity contribution in [1.82, 2.24) is 29.0 Å². The molecule has 0 spiro atoms. The van der Waals surface area contributed by atoms with E-state index in [1.165, 1.54) is 12.1 Å². The van der Waals surface area contributed by atoms with E-state index in [1.54, 1.807) is 44.2 Å². The van der Waals surface area contributed by atoms with Crippen LogP contribution in [0.5, 0.6) is 0 Å². The van der Waals surface area contributed by atoms with Gasteiger partial charge in [0.1, 0.15) is 11.3 Å². The molecule has 3 aliphatic rings. The molecule has 0 aliphatic carbocycles. The molecule has 1 aromatic carbocycles. The van der Waals surface area contributed by atoms with Crippen LogP contribution in [0.3, 0.4) is 0 Å². The first kappa shape index (κ1) is 29.4. The number of anilines is 1. The van der Waals surface area contributed by atoms with E-state index in [1.807, 2.05) is 0 Å². The summed E-state index contributed by atoms with van der Waals surface area (Å²) >= 11 is 0. The highest BCUT2D eigenvalue weighted by atomic mass is 32.2. The van der Waals surface area contributed by atoms with Gasteiger partial charge in [0, 0.05) is 35.9 Å². The van der Waals surface area contributed by atoms with Crippen molar-refractivity contribution in [2.75, 3.05) is 25.0 Å². The summed E-state index contributed by atoms with van der Waals surface area (Å²) in [4.78, 5) is 15.4. The van der Waals surface area contributed by atoms with Crippen LogP contribution < -0.4 is 5.32 Å². The lowest BCUT2D eigenvalue weighted by atomic mass is 9.94. The molecule has 3 aliphatic heterocycles. The number of benzene rings is 1. The number of aryl methyl sites for hydroxylation is 2. The zero-order chi connectivity index (χ0) is 31.5. The largest absolute Gasteiger partial charge is 0.419 e. The first-order valence-electron chi connectivity index (χ1n) is 14.7. The van der Waals surface area contributed by atoms with Crippen LogP contribution in [0.2, 0.25) is 0 Å². The average molecular weight is 638 g/mol. The topological polar surface area (TPSA) is 119 Å². The van der Waals surface area contributed by atoms with E-state index in [0.29, 0.717) is 28.6 Å². The summed E-state index contributed by atoms with van der Waals surface area (Å²) in [5.41, 5.74) is -0.129. The number of aromatic nitrogens is 5. The van der Waals surface area contributed by atoms with E-state index in [9.17, 15) is 21.6 Å². The number of nitrogens with zero attached hydrogens (tertiary/aromatic N) is 6. The van der Waals surface area contributed by atoms with Crippen molar-refractivity contribution in [3.05, 3.63) is 71.9 Å². The fourth-order valence-corrected chi connectivity index (χ4v) is 7.82. The highest BCUT2D eigenvalue weighted by Gasteiger charge is 2.38. The molecule has 234 valence electrons. The Morgan fingerprint density at radius 2 is 1.78 bits per heavy atom. The van der Waals surface area contributed by atoms with Gasteiger partial charge in [0.05, 0.1) is 27.5 Å². The quantitative estimate of drug-likeness (QED) is 0.242. The lowest BCUT2D eigenvalue weighted by molar-refractivity contribution is -0.137. The van der Waals surface area contributed by atoms with Crippen LogP contribution in [0, 0.1) is 19.8 Å². The number of fused-ring (bicyclic) bond motifs is 5. The van der Waals surface area contributed by atoms with Gasteiger partial charge in [-0.25, -0.2) is 27.3 Å². The van der Waals surface area contributed by atoms with Crippen molar-refractivity contribution in [3.8, 4) is 22.5 Å². The molecule has 8 rings (SSSR count). The van der Waals surface area contributed by atoms with E-state index in [2.05, 4.69) is 30.3 Å². The Balaban J connectivity index is 1.41. The Labute approximate surface area is 257 Å². The minimum absolute atomic E-state index is 0.0244. The molecule has 7 heterocycles. The van der Waals surface area contributed by atoms with E-state index in [-0.39, 0.29) is 33.5 Å². The monoisotopic (exact) mass is 637 g/mol. The summed E-state index contributed by atoms with van der Waals surface area (Å²) in [7, 11) is -4.28. The average Bonchev–Trinajstić information content (AvgIpc) is 3.42. The molecular formula is C31H30F3N7O3S. The maximum atomic E-state index is 14.5. The van der Waals surface area contributed by atoms with Crippen molar-refractivity contribution in [1.29, 1.82) is 0 Å². The molecule has 1 atom stereocenters. The van der Waals surface area contributed by atoms with Crippen molar-refractivity contribution in [3.63, 3.8) is 0 Å². The minimum Gasteiger partial charge on any atom is -0.361 e. The molecule has 10 nitrogen and oxygen atoms in total. The minimum atomic E-state index is -4.81. The van der Waals surface area contributed by atoms with Gasteiger partial charge in [0.2, 0.25) is 5.95 Å². The second-order valence-electron chi connectivity index (χ2n) is 11.7. The van der Waals surface area contributed by atoms with Crippen molar-refractivity contribution in [2.24, 2.45) is 5.92 Å². The normalized spacial score (nSPS) is 20.4. The fraction of sp³-hybridized carbons (Fsp3) is 0.355. The number of halogens is 3. The summed E-state index contributed by atoms with van der Waals surface area (Å²) < 4.78 is 77.5. The van der Waals surface area contributed by atoms with E-state index in [0.717, 1.165) is 55.3 Å². The maximum Gasteiger partial charge on any atom is 0.419 e. The smallest absolute Gasteiger partial charge is 0.361 e. The van der Waals surface area contributed by atoms with Gasteiger partial charge >= 0.3 is 6.18 Å². The fourth-order valence-electron chi connectivity index (χ4n) is 6.48. The van der Waals surface area contributed by atoms with Crippen LogP contribution >= 0.6 is 0 Å². The summed E-state index contributed by atoms with van der Waals surface area (Å²) in [5, 5.41) is 7.42. The molecule has 0 saturated carbocycles. The van der Waals surface area contributed by atoms with Gasteiger partial charge in [0.15, 0.2) is 5.65 Å². The molecule has 3 fully saturated rings. The Kier molecular flexibility index (Phi) is 7.15. The Hall–Kier alpha value is -4.30. The molecule has 0 amide bonds. The standard InChI is InChI=1S/C31H30F3N7O3S/c1-18-27(19(2)44-39-18)26-9-8-23-24(17-41(29(23)37-26)45(42,43)22-6-4-3-5-7-22)28-25(31(32,33)34)15-35-30(38-28)36-21-14-20-10-12-40(16-21)13-11-20/h3-9,15,17,20-21H,10-14,16H2,1-2H3,(H,35,36,38)/t21-/m0/s1. The lowest BCUT2D eigenvalue weighted by Crippen LogP contribution is -2.35.